The van der Waals surface area contributed by atoms with Crippen molar-refractivity contribution in [3.8, 4) is 11.3 Å². The largest absolute Gasteiger partial charge is 0.269 e. The molecular formula is C13H12N4O3S. The highest BCUT2D eigenvalue weighted by Gasteiger charge is 2.14. The standard InChI is InChI=1S/C13H12N4O3S/c1-2-3-12(18)16(14)13-15-11(8-21-13)9-4-6-10(7-5-9)17(19)20/h2-8H,14H2,1H3. The van der Waals surface area contributed by atoms with Crippen LogP contribution in [0.5, 0.6) is 0 Å². The molecule has 0 aliphatic rings. The maximum Gasteiger partial charge on any atom is 0.269 e. The van der Waals surface area contributed by atoms with Gasteiger partial charge >= 0.3 is 0 Å². The zero-order chi connectivity index (χ0) is 15.4. The molecule has 0 fully saturated rings. The molecule has 0 unspecified atom stereocenters. The van der Waals surface area contributed by atoms with Gasteiger partial charge in [-0.2, -0.15) is 0 Å². The summed E-state index contributed by atoms with van der Waals surface area (Å²) in [6.07, 6.45) is 2.93. The molecule has 0 radical (unpaired) electrons. The molecule has 2 N–H and O–H groups in total. The monoisotopic (exact) mass is 304 g/mol. The van der Waals surface area contributed by atoms with Gasteiger partial charge in [-0.15, -0.1) is 11.3 Å². The number of thiazole rings is 1. The number of allylic oxidation sites excluding steroid dienone is 1. The molecule has 7 nitrogen and oxygen atoms in total. The van der Waals surface area contributed by atoms with E-state index in [1.165, 1.54) is 29.5 Å². The maximum absolute atomic E-state index is 11.6. The van der Waals surface area contributed by atoms with E-state index in [2.05, 4.69) is 4.98 Å². The molecule has 1 heterocycles. The van der Waals surface area contributed by atoms with E-state index in [9.17, 15) is 14.9 Å². The molecule has 0 bridgehead atoms. The lowest BCUT2D eigenvalue weighted by molar-refractivity contribution is -0.384. The molecule has 0 aliphatic carbocycles. The Bertz CT molecular complexity index is 694. The van der Waals surface area contributed by atoms with E-state index in [4.69, 9.17) is 5.84 Å². The van der Waals surface area contributed by atoms with Gasteiger partial charge in [-0.3, -0.25) is 14.9 Å². The van der Waals surface area contributed by atoms with Gasteiger partial charge in [0.1, 0.15) is 0 Å². The van der Waals surface area contributed by atoms with Crippen LogP contribution in [-0.4, -0.2) is 15.8 Å². The molecule has 0 saturated carbocycles. The van der Waals surface area contributed by atoms with Gasteiger partial charge in [0.25, 0.3) is 11.6 Å². The molecule has 0 atom stereocenters. The van der Waals surface area contributed by atoms with E-state index in [1.54, 1.807) is 30.5 Å². The molecule has 1 amide bonds. The normalized spacial score (nSPS) is 10.8. The first-order valence-electron chi connectivity index (χ1n) is 5.94. The van der Waals surface area contributed by atoms with Crippen LogP contribution in [-0.2, 0) is 4.79 Å². The summed E-state index contributed by atoms with van der Waals surface area (Å²) in [5.74, 6) is 5.30. The molecule has 2 aromatic rings. The van der Waals surface area contributed by atoms with Crippen molar-refractivity contribution < 1.29 is 9.72 Å². The maximum atomic E-state index is 11.6. The van der Waals surface area contributed by atoms with Gasteiger partial charge in [0.05, 0.1) is 10.6 Å². The molecule has 1 aromatic carbocycles. The van der Waals surface area contributed by atoms with Crippen molar-refractivity contribution in [2.75, 3.05) is 5.01 Å². The van der Waals surface area contributed by atoms with Crippen molar-refractivity contribution in [3.05, 3.63) is 51.9 Å². The summed E-state index contributed by atoms with van der Waals surface area (Å²) >= 11 is 1.22. The summed E-state index contributed by atoms with van der Waals surface area (Å²) in [6.45, 7) is 1.72. The van der Waals surface area contributed by atoms with Crippen LogP contribution in [0.25, 0.3) is 11.3 Å². The topological polar surface area (TPSA) is 102 Å². The fourth-order valence-electron chi connectivity index (χ4n) is 1.58. The zero-order valence-electron chi connectivity index (χ0n) is 11.1. The van der Waals surface area contributed by atoms with Crippen molar-refractivity contribution >= 4 is 28.1 Å². The van der Waals surface area contributed by atoms with Crippen molar-refractivity contribution in [2.24, 2.45) is 5.84 Å². The second-order valence-electron chi connectivity index (χ2n) is 4.03. The first-order valence-corrected chi connectivity index (χ1v) is 6.82. The number of nitrogens with two attached hydrogens (primary N) is 1. The lowest BCUT2D eigenvalue weighted by Gasteiger charge is -2.09. The van der Waals surface area contributed by atoms with Crippen LogP contribution in [0.2, 0.25) is 0 Å². The Morgan fingerprint density at radius 3 is 2.67 bits per heavy atom. The Morgan fingerprint density at radius 2 is 2.10 bits per heavy atom. The van der Waals surface area contributed by atoms with Gasteiger partial charge in [0.15, 0.2) is 0 Å². The predicted octanol–water partition coefficient (Wildman–Crippen LogP) is 2.50. The van der Waals surface area contributed by atoms with Gasteiger partial charge in [-0.05, 0) is 19.1 Å². The molecule has 0 saturated heterocycles. The number of nitro groups is 1. The number of amides is 1. The second-order valence-corrected chi connectivity index (χ2v) is 4.86. The number of nitro benzene ring substituents is 1. The molecule has 108 valence electrons. The highest BCUT2D eigenvalue weighted by molar-refractivity contribution is 7.14. The second kappa shape index (κ2) is 6.25. The van der Waals surface area contributed by atoms with Gasteiger partial charge < -0.3 is 0 Å². The lowest BCUT2D eigenvalue weighted by Crippen LogP contribution is -2.36. The molecular weight excluding hydrogens is 292 g/mol. The summed E-state index contributed by atoms with van der Waals surface area (Å²) < 4.78 is 0. The number of hydrogen-bond donors (Lipinski definition) is 1. The molecule has 2 rings (SSSR count). The predicted molar refractivity (Wildman–Crippen MR) is 80.7 cm³/mol. The summed E-state index contributed by atoms with van der Waals surface area (Å²) in [4.78, 5) is 26.0. The van der Waals surface area contributed by atoms with Crippen molar-refractivity contribution in [1.29, 1.82) is 0 Å². The summed E-state index contributed by atoms with van der Waals surface area (Å²) in [6, 6.07) is 6.01. The Balaban J connectivity index is 2.23. The highest BCUT2D eigenvalue weighted by atomic mass is 32.1. The number of anilines is 1. The number of rotatable bonds is 4. The number of nitrogens with zero attached hydrogens (tertiary/aromatic N) is 3. The number of carbonyl (C=O) groups is 1. The Labute approximate surface area is 124 Å². The number of hydrazine groups is 1. The zero-order valence-corrected chi connectivity index (χ0v) is 11.9. The van der Waals surface area contributed by atoms with E-state index in [-0.39, 0.29) is 11.6 Å². The third-order valence-electron chi connectivity index (χ3n) is 2.62. The number of aromatic nitrogens is 1. The van der Waals surface area contributed by atoms with Crippen LogP contribution in [0.3, 0.4) is 0 Å². The number of hydrogen-bond acceptors (Lipinski definition) is 6. The van der Waals surface area contributed by atoms with Crippen LogP contribution >= 0.6 is 11.3 Å². The molecule has 0 spiro atoms. The van der Waals surface area contributed by atoms with Crippen LogP contribution in [0.4, 0.5) is 10.8 Å². The lowest BCUT2D eigenvalue weighted by atomic mass is 10.1. The third kappa shape index (κ3) is 3.30. The average Bonchev–Trinajstić information content (AvgIpc) is 2.96. The average molecular weight is 304 g/mol. The number of carbonyl (C=O) groups excluding carboxylic acids is 1. The fraction of sp³-hybridized carbons (Fsp3) is 0.0769. The Kier molecular flexibility index (Phi) is 4.41. The van der Waals surface area contributed by atoms with Gasteiger partial charge in [-0.1, -0.05) is 6.08 Å². The van der Waals surface area contributed by atoms with Crippen molar-refractivity contribution in [3.63, 3.8) is 0 Å². The smallest absolute Gasteiger partial charge is 0.268 e. The van der Waals surface area contributed by atoms with E-state index >= 15 is 0 Å². The molecule has 21 heavy (non-hydrogen) atoms. The summed E-state index contributed by atoms with van der Waals surface area (Å²) in [7, 11) is 0. The van der Waals surface area contributed by atoms with E-state index < -0.39 is 4.92 Å². The van der Waals surface area contributed by atoms with Gasteiger partial charge in [0.2, 0.25) is 5.13 Å². The summed E-state index contributed by atoms with van der Waals surface area (Å²) in [5.41, 5.74) is 1.33. The van der Waals surface area contributed by atoms with E-state index in [1.807, 2.05) is 0 Å². The minimum Gasteiger partial charge on any atom is -0.268 e. The van der Waals surface area contributed by atoms with Gasteiger partial charge in [0, 0.05) is 29.2 Å². The number of non-ortho nitro benzene ring substituents is 1. The molecule has 0 aliphatic heterocycles. The quantitative estimate of drug-likeness (QED) is 0.307. The van der Waals surface area contributed by atoms with E-state index in [0.29, 0.717) is 10.8 Å². The van der Waals surface area contributed by atoms with Crippen molar-refractivity contribution in [1.82, 2.24) is 4.98 Å². The highest BCUT2D eigenvalue weighted by Crippen LogP contribution is 2.27. The summed E-state index contributed by atoms with van der Waals surface area (Å²) in [5, 5.41) is 13.7. The van der Waals surface area contributed by atoms with Crippen LogP contribution in [0, 0.1) is 10.1 Å². The van der Waals surface area contributed by atoms with Crippen molar-refractivity contribution in [2.45, 2.75) is 6.92 Å². The van der Waals surface area contributed by atoms with Crippen LogP contribution in [0.15, 0.2) is 41.8 Å². The minimum absolute atomic E-state index is 0.0120. The minimum atomic E-state index is -0.465. The first-order chi connectivity index (χ1) is 10.0. The Morgan fingerprint density at radius 1 is 1.43 bits per heavy atom. The van der Waals surface area contributed by atoms with Crippen LogP contribution in [0.1, 0.15) is 6.92 Å². The number of benzene rings is 1. The molecule has 8 heteroatoms. The molecule has 1 aromatic heterocycles. The SMILES string of the molecule is CC=CC(=O)N(N)c1nc(-c2ccc([N+](=O)[O-])cc2)cs1. The first kappa shape index (κ1) is 14.8. The Hall–Kier alpha value is -2.58. The van der Waals surface area contributed by atoms with Crippen LogP contribution < -0.4 is 10.9 Å². The third-order valence-corrected chi connectivity index (χ3v) is 3.46. The fourth-order valence-corrected chi connectivity index (χ4v) is 2.34. The van der Waals surface area contributed by atoms with E-state index in [0.717, 1.165) is 10.6 Å². The van der Waals surface area contributed by atoms with Gasteiger partial charge in [-0.25, -0.2) is 15.8 Å².